The van der Waals surface area contributed by atoms with E-state index in [9.17, 15) is 4.79 Å². The van der Waals surface area contributed by atoms with E-state index in [0.29, 0.717) is 33.9 Å². The van der Waals surface area contributed by atoms with Crippen molar-refractivity contribution in [2.45, 2.75) is 48.7 Å². The number of nitrogens with zero attached hydrogens (tertiary/aromatic N) is 2. The van der Waals surface area contributed by atoms with Gasteiger partial charge in [-0.15, -0.1) is 11.8 Å². The molecule has 0 atom stereocenters. The van der Waals surface area contributed by atoms with Gasteiger partial charge in [-0.1, -0.05) is 87.1 Å². The highest BCUT2D eigenvalue weighted by atomic mass is 32.2. The summed E-state index contributed by atoms with van der Waals surface area (Å²) in [5, 5.41) is 4.56. The van der Waals surface area contributed by atoms with E-state index in [1.165, 1.54) is 36.2 Å². The Hall–Kier alpha value is -2.51. The third-order valence-corrected chi connectivity index (χ3v) is 6.52. The van der Waals surface area contributed by atoms with Gasteiger partial charge < -0.3 is 10.1 Å². The van der Waals surface area contributed by atoms with Gasteiger partial charge >= 0.3 is 5.97 Å². The number of nitrogens with one attached hydrogen (secondary N) is 1. The number of methoxy groups -OCH3 is 1. The molecule has 0 bridgehead atoms. The number of anilines is 1. The number of thioether (sulfide) groups is 2. The predicted octanol–water partition coefficient (Wildman–Crippen LogP) is 6.19. The molecule has 7 heteroatoms. The van der Waals surface area contributed by atoms with Crippen molar-refractivity contribution in [3.8, 4) is 0 Å². The number of rotatable bonds is 8. The summed E-state index contributed by atoms with van der Waals surface area (Å²) in [6.07, 6.45) is 1.92. The lowest BCUT2D eigenvalue weighted by Crippen LogP contribution is -2.14. The summed E-state index contributed by atoms with van der Waals surface area (Å²) in [5.74, 6) is 0.745. The van der Waals surface area contributed by atoms with Crippen LogP contribution in [0, 0.1) is 0 Å². The lowest BCUT2D eigenvalue weighted by Gasteiger charge is -2.19. The van der Waals surface area contributed by atoms with E-state index < -0.39 is 5.97 Å². The lowest BCUT2D eigenvalue weighted by molar-refractivity contribution is 0.0596. The first-order valence-electron chi connectivity index (χ1n) is 10.4. The molecule has 5 nitrogen and oxygen atoms in total. The zero-order chi connectivity index (χ0) is 23.1. The van der Waals surface area contributed by atoms with E-state index in [1.807, 2.05) is 24.5 Å². The highest BCUT2D eigenvalue weighted by molar-refractivity contribution is 7.99. The second kappa shape index (κ2) is 10.9. The Labute approximate surface area is 198 Å². The smallest absolute Gasteiger partial charge is 0.344 e. The molecule has 1 aromatic heterocycles. The van der Waals surface area contributed by atoms with Crippen LogP contribution in [0.25, 0.3) is 0 Å². The lowest BCUT2D eigenvalue weighted by atomic mass is 9.87. The molecule has 3 rings (SSSR count). The second-order valence-electron chi connectivity index (χ2n) is 8.31. The zero-order valence-corrected chi connectivity index (χ0v) is 20.8. The molecule has 0 aliphatic rings. The number of esters is 1. The number of carbonyl (C=O) groups is 1. The van der Waals surface area contributed by atoms with Gasteiger partial charge in [0.2, 0.25) is 0 Å². The van der Waals surface area contributed by atoms with Crippen LogP contribution < -0.4 is 5.32 Å². The van der Waals surface area contributed by atoms with Crippen LogP contribution in [0.2, 0.25) is 0 Å². The van der Waals surface area contributed by atoms with E-state index >= 15 is 0 Å². The first-order chi connectivity index (χ1) is 15.3. The van der Waals surface area contributed by atoms with E-state index in [4.69, 9.17) is 4.74 Å². The summed E-state index contributed by atoms with van der Waals surface area (Å²) in [5.41, 5.74) is 4.03. The summed E-state index contributed by atoms with van der Waals surface area (Å²) in [7, 11) is 1.38. The van der Waals surface area contributed by atoms with Crippen LogP contribution in [0.3, 0.4) is 0 Å². The molecule has 168 valence electrons. The Morgan fingerprint density at radius 2 is 1.69 bits per heavy atom. The second-order valence-corrected chi connectivity index (χ2v) is 10.0. The molecule has 0 saturated carbocycles. The Balaban J connectivity index is 1.87. The minimum atomic E-state index is -0.446. The standard InChI is InChI=1S/C25H29N3O2S2/c1-25(2,3)19-13-11-17(12-14-19)15-26-21-20(23(29)30-4)22(28-24(27-21)31-5)32-16-18-9-7-6-8-10-18/h6-14H,15-16H2,1-5H3,(H,26,27,28). The number of benzene rings is 2. The van der Waals surface area contributed by atoms with Gasteiger partial charge in [-0.3, -0.25) is 0 Å². The first-order valence-corrected chi connectivity index (χ1v) is 12.6. The Bertz CT molecular complexity index is 1050. The molecule has 0 aliphatic heterocycles. The molecular formula is C25H29N3O2S2. The van der Waals surface area contributed by atoms with E-state index in [-0.39, 0.29) is 5.41 Å². The van der Waals surface area contributed by atoms with Crippen LogP contribution in [0.4, 0.5) is 5.82 Å². The van der Waals surface area contributed by atoms with Crippen molar-refractivity contribution in [1.29, 1.82) is 0 Å². The maximum atomic E-state index is 12.7. The molecule has 0 aliphatic carbocycles. The van der Waals surface area contributed by atoms with Gasteiger partial charge in [0.1, 0.15) is 16.4 Å². The van der Waals surface area contributed by atoms with Crippen molar-refractivity contribution in [3.05, 3.63) is 76.9 Å². The maximum absolute atomic E-state index is 12.7. The van der Waals surface area contributed by atoms with Crippen LogP contribution in [0.15, 0.2) is 64.8 Å². The van der Waals surface area contributed by atoms with Gasteiger partial charge in [-0.25, -0.2) is 14.8 Å². The minimum absolute atomic E-state index is 0.106. The van der Waals surface area contributed by atoms with Gasteiger partial charge in [0.15, 0.2) is 5.16 Å². The average Bonchev–Trinajstić information content (AvgIpc) is 2.80. The Morgan fingerprint density at radius 3 is 2.28 bits per heavy atom. The molecule has 1 heterocycles. The highest BCUT2D eigenvalue weighted by Crippen LogP contribution is 2.31. The number of aromatic nitrogens is 2. The molecule has 0 fully saturated rings. The number of ether oxygens (including phenoxy) is 1. The van der Waals surface area contributed by atoms with E-state index in [2.05, 4.69) is 72.5 Å². The molecule has 0 spiro atoms. The number of hydrogen-bond donors (Lipinski definition) is 1. The van der Waals surface area contributed by atoms with Crippen molar-refractivity contribution >= 4 is 35.3 Å². The maximum Gasteiger partial charge on any atom is 0.344 e. The third-order valence-electron chi connectivity index (χ3n) is 4.93. The molecule has 32 heavy (non-hydrogen) atoms. The van der Waals surface area contributed by atoms with Crippen molar-refractivity contribution in [2.75, 3.05) is 18.7 Å². The highest BCUT2D eigenvalue weighted by Gasteiger charge is 2.22. The quantitative estimate of drug-likeness (QED) is 0.183. The van der Waals surface area contributed by atoms with Crippen molar-refractivity contribution in [1.82, 2.24) is 9.97 Å². The molecule has 0 unspecified atom stereocenters. The summed E-state index contributed by atoms with van der Waals surface area (Å²) in [6, 6.07) is 18.6. The van der Waals surface area contributed by atoms with Crippen LogP contribution in [0.5, 0.6) is 0 Å². The fourth-order valence-corrected chi connectivity index (χ4v) is 4.46. The molecule has 0 amide bonds. The van der Waals surface area contributed by atoms with Crippen molar-refractivity contribution in [3.63, 3.8) is 0 Å². The van der Waals surface area contributed by atoms with Gasteiger partial charge in [0, 0.05) is 12.3 Å². The van der Waals surface area contributed by atoms with Crippen LogP contribution in [0.1, 0.15) is 47.8 Å². The Kier molecular flexibility index (Phi) is 8.21. The summed E-state index contributed by atoms with van der Waals surface area (Å²) >= 11 is 2.95. The number of carbonyl (C=O) groups excluding carboxylic acids is 1. The number of hydrogen-bond acceptors (Lipinski definition) is 7. The molecule has 0 radical (unpaired) electrons. The molecule has 1 N–H and O–H groups in total. The summed E-state index contributed by atoms with van der Waals surface area (Å²) in [6.45, 7) is 7.13. The van der Waals surface area contributed by atoms with E-state index in [1.54, 1.807) is 0 Å². The monoisotopic (exact) mass is 467 g/mol. The minimum Gasteiger partial charge on any atom is -0.465 e. The SMILES string of the molecule is COC(=O)c1c(NCc2ccc(C(C)(C)C)cc2)nc(SC)nc1SCc1ccccc1. The predicted molar refractivity (Wildman–Crippen MR) is 134 cm³/mol. The van der Waals surface area contributed by atoms with Gasteiger partial charge in [0.25, 0.3) is 0 Å². The third kappa shape index (κ3) is 6.26. The van der Waals surface area contributed by atoms with Crippen LogP contribution >= 0.6 is 23.5 Å². The fraction of sp³-hybridized carbons (Fsp3) is 0.320. The van der Waals surface area contributed by atoms with Gasteiger partial charge in [-0.05, 0) is 28.4 Å². The van der Waals surface area contributed by atoms with Crippen molar-refractivity contribution in [2.24, 2.45) is 0 Å². The largest absolute Gasteiger partial charge is 0.465 e. The first kappa shape index (κ1) is 24.1. The van der Waals surface area contributed by atoms with Crippen LogP contribution in [-0.2, 0) is 22.4 Å². The van der Waals surface area contributed by atoms with Gasteiger partial charge in [0.05, 0.1) is 7.11 Å². The normalized spacial score (nSPS) is 11.3. The molecule has 0 saturated heterocycles. The van der Waals surface area contributed by atoms with Gasteiger partial charge in [-0.2, -0.15) is 0 Å². The summed E-state index contributed by atoms with van der Waals surface area (Å²) in [4.78, 5) is 21.8. The van der Waals surface area contributed by atoms with E-state index in [0.717, 1.165) is 11.1 Å². The van der Waals surface area contributed by atoms with Crippen LogP contribution in [-0.4, -0.2) is 29.3 Å². The topological polar surface area (TPSA) is 64.1 Å². The fourth-order valence-electron chi connectivity index (χ4n) is 3.06. The van der Waals surface area contributed by atoms with Crippen molar-refractivity contribution < 1.29 is 9.53 Å². The summed E-state index contributed by atoms with van der Waals surface area (Å²) < 4.78 is 5.07. The molecular weight excluding hydrogens is 438 g/mol. The Morgan fingerprint density at radius 1 is 1.00 bits per heavy atom. The zero-order valence-electron chi connectivity index (χ0n) is 19.1. The average molecular weight is 468 g/mol. The molecule has 3 aromatic rings. The molecule has 2 aromatic carbocycles.